The number of halogens is 2. The first kappa shape index (κ1) is 15.0. The minimum atomic E-state index is -0.225. The smallest absolute Gasteiger partial charge is 0.212 e. The summed E-state index contributed by atoms with van der Waals surface area (Å²) in [5.41, 5.74) is 7.04. The number of nitrogen functional groups attached to an aromatic ring is 1. The van der Waals surface area contributed by atoms with Crippen LogP contribution in [0.1, 0.15) is 16.1 Å². The second kappa shape index (κ2) is 6.39. The molecule has 0 fully saturated rings. The number of carbonyl (C=O) groups is 1. The van der Waals surface area contributed by atoms with Crippen molar-refractivity contribution in [2.24, 2.45) is 0 Å². The third-order valence-electron chi connectivity index (χ3n) is 2.70. The molecule has 0 radical (unpaired) electrons. The van der Waals surface area contributed by atoms with Crippen molar-refractivity contribution in [1.82, 2.24) is 9.78 Å². The Labute approximate surface area is 129 Å². The van der Waals surface area contributed by atoms with E-state index in [0.717, 1.165) is 4.47 Å². The number of nitrogens with zero attached hydrogens (tertiary/aromatic N) is 2. The maximum atomic E-state index is 12.6. The highest BCUT2D eigenvalue weighted by molar-refractivity contribution is 9.10. The molecule has 0 saturated carbocycles. The van der Waals surface area contributed by atoms with Crippen molar-refractivity contribution in [2.45, 2.75) is 6.54 Å². The van der Waals surface area contributed by atoms with Gasteiger partial charge in [-0.1, -0.05) is 27.5 Å². The average Bonchev–Trinajstić information content (AvgIpc) is 2.75. The molecule has 0 amide bonds. The Bertz CT molecular complexity index is 622. The predicted octanol–water partition coefficient (Wildman–Crippen LogP) is 2.76. The number of benzene rings is 1. The lowest BCUT2D eigenvalue weighted by Crippen LogP contribution is -2.15. The van der Waals surface area contributed by atoms with Gasteiger partial charge < -0.3 is 10.5 Å². The van der Waals surface area contributed by atoms with Gasteiger partial charge in [-0.15, -0.1) is 0 Å². The zero-order chi connectivity index (χ0) is 14.7. The summed E-state index contributed by atoms with van der Waals surface area (Å²) in [6.45, 7) is 0.896. The Kier molecular flexibility index (Phi) is 4.80. The van der Waals surface area contributed by atoms with Crippen molar-refractivity contribution in [2.75, 3.05) is 19.5 Å². The van der Waals surface area contributed by atoms with E-state index in [1.165, 1.54) is 10.9 Å². The van der Waals surface area contributed by atoms with Crippen LogP contribution >= 0.6 is 27.5 Å². The molecule has 0 atom stereocenters. The molecule has 0 unspecified atom stereocenters. The fourth-order valence-corrected chi connectivity index (χ4v) is 2.55. The Morgan fingerprint density at radius 2 is 2.25 bits per heavy atom. The monoisotopic (exact) mass is 357 g/mol. The molecule has 0 aliphatic heterocycles. The van der Waals surface area contributed by atoms with E-state index < -0.39 is 0 Å². The van der Waals surface area contributed by atoms with E-state index in [9.17, 15) is 4.79 Å². The molecule has 0 bridgehead atoms. The molecule has 1 aromatic heterocycles. The lowest BCUT2D eigenvalue weighted by atomic mass is 10.1. The van der Waals surface area contributed by atoms with Crippen LogP contribution < -0.4 is 5.73 Å². The van der Waals surface area contributed by atoms with Crippen molar-refractivity contribution < 1.29 is 9.53 Å². The maximum Gasteiger partial charge on any atom is 0.212 e. The number of nitrogens with two attached hydrogens (primary N) is 1. The van der Waals surface area contributed by atoms with Crippen LogP contribution in [0.2, 0.25) is 5.02 Å². The van der Waals surface area contributed by atoms with Crippen molar-refractivity contribution in [3.63, 3.8) is 0 Å². The van der Waals surface area contributed by atoms with Gasteiger partial charge in [0.1, 0.15) is 5.69 Å². The van der Waals surface area contributed by atoms with E-state index >= 15 is 0 Å². The number of ether oxygens (including phenoxy) is 1. The molecule has 2 aromatic rings. The summed E-state index contributed by atoms with van der Waals surface area (Å²) in [5.74, 6) is -0.225. The highest BCUT2D eigenvalue weighted by Gasteiger charge is 2.19. The quantitative estimate of drug-likeness (QED) is 0.659. The first-order valence-electron chi connectivity index (χ1n) is 5.84. The van der Waals surface area contributed by atoms with Crippen LogP contribution in [0.25, 0.3) is 0 Å². The SMILES string of the molecule is COCCn1ncc(Cl)c1C(=O)c1cc(N)cc(Br)c1. The molecule has 5 nitrogen and oxygen atoms in total. The highest BCUT2D eigenvalue weighted by atomic mass is 79.9. The fraction of sp³-hybridized carbons (Fsp3) is 0.231. The van der Waals surface area contributed by atoms with Crippen LogP contribution in [-0.2, 0) is 11.3 Å². The zero-order valence-electron chi connectivity index (χ0n) is 10.8. The predicted molar refractivity (Wildman–Crippen MR) is 81.1 cm³/mol. The summed E-state index contributed by atoms with van der Waals surface area (Å²) >= 11 is 9.38. The Morgan fingerprint density at radius 1 is 1.50 bits per heavy atom. The number of hydrogen-bond acceptors (Lipinski definition) is 4. The standard InChI is InChI=1S/C13H13BrClN3O2/c1-20-3-2-18-12(11(15)7-17-18)13(19)8-4-9(14)6-10(16)5-8/h4-7H,2-3,16H2,1H3. The van der Waals surface area contributed by atoms with Crippen LogP contribution in [0.5, 0.6) is 0 Å². The van der Waals surface area contributed by atoms with Crippen LogP contribution in [0.3, 0.4) is 0 Å². The Morgan fingerprint density at radius 3 is 2.90 bits per heavy atom. The number of hydrogen-bond donors (Lipinski definition) is 1. The summed E-state index contributed by atoms with van der Waals surface area (Å²) in [6.07, 6.45) is 1.45. The number of rotatable bonds is 5. The zero-order valence-corrected chi connectivity index (χ0v) is 13.1. The summed E-state index contributed by atoms with van der Waals surface area (Å²) in [4.78, 5) is 12.6. The van der Waals surface area contributed by atoms with Gasteiger partial charge in [-0.3, -0.25) is 9.48 Å². The molecule has 2 rings (SSSR count). The fourth-order valence-electron chi connectivity index (χ4n) is 1.82. The molecule has 0 saturated heterocycles. The van der Waals surface area contributed by atoms with Gasteiger partial charge in [0.05, 0.1) is 24.4 Å². The molecule has 7 heteroatoms. The van der Waals surface area contributed by atoms with Gasteiger partial charge in [0.15, 0.2) is 0 Å². The molecule has 1 aromatic carbocycles. The third kappa shape index (κ3) is 3.20. The summed E-state index contributed by atoms with van der Waals surface area (Å²) < 4.78 is 7.26. The van der Waals surface area contributed by atoms with Gasteiger partial charge in [0.25, 0.3) is 0 Å². The lowest BCUT2D eigenvalue weighted by molar-refractivity contribution is 0.102. The molecule has 106 valence electrons. The van der Waals surface area contributed by atoms with Crippen LogP contribution in [-0.4, -0.2) is 29.3 Å². The molecule has 0 aliphatic carbocycles. The molecule has 0 aliphatic rings. The summed E-state index contributed by atoms with van der Waals surface area (Å²) in [7, 11) is 1.58. The van der Waals surface area contributed by atoms with Gasteiger partial charge >= 0.3 is 0 Å². The molecular weight excluding hydrogens is 346 g/mol. The van der Waals surface area contributed by atoms with Crippen molar-refractivity contribution in [1.29, 1.82) is 0 Å². The normalized spacial score (nSPS) is 10.8. The first-order chi connectivity index (χ1) is 9.52. The van der Waals surface area contributed by atoms with E-state index in [4.69, 9.17) is 22.1 Å². The number of anilines is 1. The molecular formula is C13H13BrClN3O2. The van der Waals surface area contributed by atoms with Crippen molar-refractivity contribution in [3.8, 4) is 0 Å². The van der Waals surface area contributed by atoms with E-state index in [1.807, 2.05) is 0 Å². The van der Waals surface area contributed by atoms with E-state index in [1.54, 1.807) is 25.3 Å². The second-order valence-electron chi connectivity index (χ2n) is 4.16. The minimum absolute atomic E-state index is 0.225. The van der Waals surface area contributed by atoms with Crippen LogP contribution in [0.4, 0.5) is 5.69 Å². The maximum absolute atomic E-state index is 12.6. The third-order valence-corrected chi connectivity index (χ3v) is 3.43. The van der Waals surface area contributed by atoms with Crippen molar-refractivity contribution >= 4 is 39.0 Å². The first-order valence-corrected chi connectivity index (χ1v) is 7.01. The molecule has 2 N–H and O–H groups in total. The van der Waals surface area contributed by atoms with Crippen molar-refractivity contribution in [3.05, 3.63) is 45.1 Å². The Hall–Kier alpha value is -1.37. The molecule has 0 spiro atoms. The Balaban J connectivity index is 2.39. The van der Waals surface area contributed by atoms with E-state index in [-0.39, 0.29) is 5.78 Å². The van der Waals surface area contributed by atoms with Gasteiger partial charge in [-0.25, -0.2) is 0 Å². The number of aromatic nitrogens is 2. The minimum Gasteiger partial charge on any atom is -0.399 e. The largest absolute Gasteiger partial charge is 0.399 e. The van der Waals surface area contributed by atoms with E-state index in [2.05, 4.69) is 21.0 Å². The van der Waals surface area contributed by atoms with E-state index in [0.29, 0.717) is 35.1 Å². The topological polar surface area (TPSA) is 70.1 Å². The average molecular weight is 359 g/mol. The van der Waals surface area contributed by atoms with Crippen LogP contribution in [0, 0.1) is 0 Å². The number of methoxy groups -OCH3 is 1. The highest BCUT2D eigenvalue weighted by Crippen LogP contribution is 2.23. The number of ketones is 1. The summed E-state index contributed by atoms with van der Waals surface area (Å²) in [5, 5.41) is 4.40. The van der Waals surface area contributed by atoms with Crippen LogP contribution in [0.15, 0.2) is 28.9 Å². The van der Waals surface area contributed by atoms with Gasteiger partial charge in [-0.2, -0.15) is 5.10 Å². The second-order valence-corrected chi connectivity index (χ2v) is 5.48. The molecule has 20 heavy (non-hydrogen) atoms. The lowest BCUT2D eigenvalue weighted by Gasteiger charge is -2.08. The summed E-state index contributed by atoms with van der Waals surface area (Å²) in [6, 6.07) is 5.03. The van der Waals surface area contributed by atoms with Gasteiger partial charge in [0, 0.05) is 22.8 Å². The van der Waals surface area contributed by atoms with Gasteiger partial charge in [-0.05, 0) is 18.2 Å². The number of carbonyl (C=O) groups excluding carboxylic acids is 1. The van der Waals surface area contributed by atoms with Gasteiger partial charge in [0.2, 0.25) is 5.78 Å². The molecule has 1 heterocycles.